The lowest BCUT2D eigenvalue weighted by Gasteiger charge is -2.56. The van der Waals surface area contributed by atoms with Gasteiger partial charge in [-0.05, 0) is 112 Å². The Morgan fingerprint density at radius 2 is 1.66 bits per heavy atom. The van der Waals surface area contributed by atoms with E-state index in [0.717, 1.165) is 44.5 Å². The van der Waals surface area contributed by atoms with E-state index in [2.05, 4.69) is 60.5 Å². The van der Waals surface area contributed by atoms with Gasteiger partial charge in [-0.1, -0.05) is 65.8 Å². The Balaban J connectivity index is 1.13. The van der Waals surface area contributed by atoms with E-state index in [1.807, 2.05) is 52.8 Å². The second-order valence-corrected chi connectivity index (χ2v) is 19.0. The van der Waals surface area contributed by atoms with E-state index in [1.54, 1.807) is 19.1 Å². The van der Waals surface area contributed by atoms with Crippen LogP contribution in [0.3, 0.4) is 0 Å². The summed E-state index contributed by atoms with van der Waals surface area (Å²) < 4.78 is 21.2. The van der Waals surface area contributed by atoms with Crippen molar-refractivity contribution in [3.05, 3.63) is 105 Å². The molecule has 1 saturated carbocycles. The second-order valence-electron chi connectivity index (χ2n) is 19.0. The highest BCUT2D eigenvalue weighted by Gasteiger charge is 2.81. The number of benzene rings is 2. The number of allylic oxidation sites excluding steroid dienone is 5. The lowest BCUT2D eigenvalue weighted by atomic mass is 9.51. The third-order valence-electron chi connectivity index (χ3n) is 13.7. The number of nitrogens with zero attached hydrogens (tertiary/aromatic N) is 1. The van der Waals surface area contributed by atoms with Gasteiger partial charge in [0.2, 0.25) is 5.91 Å². The molecule has 5 atom stereocenters. The summed E-state index contributed by atoms with van der Waals surface area (Å²) in [6.45, 7) is 18.6. The molecule has 2 aromatic carbocycles. The summed E-state index contributed by atoms with van der Waals surface area (Å²) in [5, 5.41) is 15.3. The molecule has 312 valence electrons. The van der Waals surface area contributed by atoms with Crippen LogP contribution in [0.5, 0.6) is 17.2 Å². The molecule has 9 rings (SSSR count). The van der Waals surface area contributed by atoms with Crippen molar-refractivity contribution in [1.29, 1.82) is 0 Å². The Bertz CT molecular complexity index is 2230. The maximum atomic E-state index is 15.1. The molecule has 4 aliphatic heterocycles. The maximum absolute atomic E-state index is 15.1. The van der Waals surface area contributed by atoms with Crippen LogP contribution in [-0.4, -0.2) is 69.0 Å². The fourth-order valence-electron chi connectivity index (χ4n) is 10.6. The van der Waals surface area contributed by atoms with Gasteiger partial charge in [0, 0.05) is 60.6 Å². The lowest BCUT2D eigenvalue weighted by molar-refractivity contribution is -0.171. The zero-order valence-electron chi connectivity index (χ0n) is 36.0. The number of rotatable bonds is 11. The number of Topliss-reactive ketones (excluding diaryl/α,β-unsaturated/α-hetero) is 2. The second kappa shape index (κ2) is 15.1. The molecule has 0 radical (unpaired) electrons. The lowest BCUT2D eigenvalue weighted by Crippen LogP contribution is -2.72. The van der Waals surface area contributed by atoms with Gasteiger partial charge < -0.3 is 24.6 Å². The summed E-state index contributed by atoms with van der Waals surface area (Å²) in [5.74, 6) is -1.07. The molecule has 5 unspecified atom stereocenters. The molecule has 4 heterocycles. The van der Waals surface area contributed by atoms with Gasteiger partial charge in [-0.2, -0.15) is 0 Å². The Kier molecular flexibility index (Phi) is 10.5. The number of amides is 1. The van der Waals surface area contributed by atoms with Crippen molar-refractivity contribution < 1.29 is 33.7 Å². The summed E-state index contributed by atoms with van der Waals surface area (Å²) in [7, 11) is 0. The molecule has 1 amide bonds. The van der Waals surface area contributed by atoms with Crippen molar-refractivity contribution in [2.45, 2.75) is 135 Å². The van der Waals surface area contributed by atoms with Gasteiger partial charge in [0.25, 0.3) is 0 Å². The van der Waals surface area contributed by atoms with Crippen LogP contribution in [0.1, 0.15) is 121 Å². The van der Waals surface area contributed by atoms with E-state index >= 15 is 4.79 Å². The predicted molar refractivity (Wildman–Crippen MR) is 230 cm³/mol. The molecular formula is C50H60N2O7. The first kappa shape index (κ1) is 41.0. The standard InChI is InChI=1S/C50H60N2O7/c1-30(2)13-12-22-48(8)23-19-36-41(53)40-42(54)38-27-34-28-39-47(6,7)59-49(45(34)55,50(38,39)58-44(40)37(43(36)57-48)17-16-31(3)4)24-18-32(5)46(56)51-35-20-25-52(26-21-35)29-33-14-10-9-11-15-33/h9-11,13-16,18-19,23,27,34-35,39,53H,12,17,20-22,24-26,28-29H2,1-8H3,(H,51,56). The number of piperidine rings is 1. The van der Waals surface area contributed by atoms with Gasteiger partial charge in [-0.25, -0.2) is 0 Å². The number of hydrogen-bond acceptors (Lipinski definition) is 8. The van der Waals surface area contributed by atoms with Gasteiger partial charge in [0.15, 0.2) is 22.8 Å². The maximum Gasteiger partial charge on any atom is 0.246 e. The van der Waals surface area contributed by atoms with Gasteiger partial charge >= 0.3 is 0 Å². The number of phenolic OH excluding ortho intramolecular Hbond substituents is 1. The Morgan fingerprint density at radius 3 is 2.36 bits per heavy atom. The fourth-order valence-corrected chi connectivity index (χ4v) is 10.6. The molecule has 2 saturated heterocycles. The van der Waals surface area contributed by atoms with Crippen molar-refractivity contribution in [3.63, 3.8) is 0 Å². The van der Waals surface area contributed by atoms with Crippen LogP contribution in [0.25, 0.3) is 6.08 Å². The van der Waals surface area contributed by atoms with Crippen molar-refractivity contribution in [1.82, 2.24) is 10.2 Å². The van der Waals surface area contributed by atoms with Gasteiger partial charge in [-0.3, -0.25) is 19.3 Å². The van der Waals surface area contributed by atoms with Crippen LogP contribution in [0.2, 0.25) is 0 Å². The van der Waals surface area contributed by atoms with Crippen LogP contribution < -0.4 is 14.8 Å². The monoisotopic (exact) mass is 800 g/mol. The zero-order valence-corrected chi connectivity index (χ0v) is 36.0. The number of aromatic hydroxyl groups is 1. The van der Waals surface area contributed by atoms with Gasteiger partial charge in [-0.15, -0.1) is 0 Å². The minimum absolute atomic E-state index is 0.0438. The van der Waals surface area contributed by atoms with Crippen LogP contribution in [0, 0.1) is 11.8 Å². The highest BCUT2D eigenvalue weighted by Crippen LogP contribution is 2.68. The number of hydrogen-bond donors (Lipinski definition) is 2. The Morgan fingerprint density at radius 1 is 0.949 bits per heavy atom. The quantitative estimate of drug-likeness (QED) is 0.171. The molecule has 9 nitrogen and oxygen atoms in total. The Hall–Kier alpha value is -4.73. The van der Waals surface area contributed by atoms with Crippen LogP contribution in [0.15, 0.2) is 83.0 Å². The number of nitrogens with one attached hydrogen (secondary N) is 1. The molecule has 2 N–H and O–H groups in total. The van der Waals surface area contributed by atoms with E-state index < -0.39 is 28.3 Å². The first-order valence-corrected chi connectivity index (χ1v) is 21.5. The number of likely N-dealkylation sites (tertiary alicyclic amines) is 1. The first-order chi connectivity index (χ1) is 28.0. The predicted octanol–water partition coefficient (Wildman–Crippen LogP) is 8.94. The highest BCUT2D eigenvalue weighted by molar-refractivity contribution is 6.19. The summed E-state index contributed by atoms with van der Waals surface area (Å²) >= 11 is 0. The number of carbonyl (C=O) groups excluding carboxylic acids is 3. The number of fused-ring (bicyclic) bond motifs is 2. The summed E-state index contributed by atoms with van der Waals surface area (Å²) in [6.07, 6.45) is 15.8. The molecule has 4 bridgehead atoms. The van der Waals surface area contributed by atoms with E-state index in [-0.39, 0.29) is 52.9 Å². The first-order valence-electron chi connectivity index (χ1n) is 21.5. The van der Waals surface area contributed by atoms with E-state index in [1.165, 1.54) is 11.1 Å². The number of ketones is 2. The summed E-state index contributed by atoms with van der Waals surface area (Å²) in [6, 6.07) is 10.5. The van der Waals surface area contributed by atoms with Gasteiger partial charge in [0.05, 0.1) is 11.2 Å². The smallest absolute Gasteiger partial charge is 0.246 e. The highest BCUT2D eigenvalue weighted by atomic mass is 16.6. The van der Waals surface area contributed by atoms with Crippen molar-refractivity contribution >= 4 is 23.5 Å². The molecule has 0 aromatic heterocycles. The molecular weight excluding hydrogens is 741 g/mol. The van der Waals surface area contributed by atoms with Crippen LogP contribution >= 0.6 is 0 Å². The average molecular weight is 801 g/mol. The molecule has 3 aliphatic carbocycles. The van der Waals surface area contributed by atoms with Crippen LogP contribution in [0.4, 0.5) is 0 Å². The molecule has 7 aliphatic rings. The SMILES string of the molecule is CC(C)=CCCC1(C)C=Cc2c(O)c3c(c(CC=C(C)C)c2O1)OC12C(=CC4CC1C(C)(C)OC2(CC=C(C)C(=O)NC1CCN(Cc2ccccc2)CC1)C4=O)C3=O. The van der Waals surface area contributed by atoms with E-state index in [0.29, 0.717) is 47.3 Å². The van der Waals surface area contributed by atoms with Crippen molar-refractivity contribution in [3.8, 4) is 17.2 Å². The number of ether oxygens (including phenoxy) is 3. The summed E-state index contributed by atoms with van der Waals surface area (Å²) in [5.41, 5.74) is 1.03. The molecule has 2 aromatic rings. The van der Waals surface area contributed by atoms with E-state index in [9.17, 15) is 14.7 Å². The topological polar surface area (TPSA) is 114 Å². The van der Waals surface area contributed by atoms with Crippen molar-refractivity contribution in [2.75, 3.05) is 13.1 Å². The largest absolute Gasteiger partial charge is 0.506 e. The average Bonchev–Trinajstić information content (AvgIpc) is 3.34. The van der Waals surface area contributed by atoms with Crippen molar-refractivity contribution in [2.24, 2.45) is 11.8 Å². The molecule has 1 spiro atoms. The third kappa shape index (κ3) is 6.92. The normalized spacial score (nSPS) is 29.1. The van der Waals surface area contributed by atoms with Crippen LogP contribution in [-0.2, 0) is 27.3 Å². The molecule has 9 heteroatoms. The fraction of sp³-hybridized carbons (Fsp3) is 0.500. The third-order valence-corrected chi connectivity index (χ3v) is 13.7. The number of carbonyl (C=O) groups is 3. The minimum Gasteiger partial charge on any atom is -0.506 e. The van der Waals surface area contributed by atoms with Gasteiger partial charge in [0.1, 0.15) is 28.4 Å². The minimum atomic E-state index is -1.58. The summed E-state index contributed by atoms with van der Waals surface area (Å²) in [4.78, 5) is 46.1. The molecule has 59 heavy (non-hydrogen) atoms. The van der Waals surface area contributed by atoms with E-state index in [4.69, 9.17) is 14.2 Å². The Labute approximate surface area is 349 Å². The number of phenols is 1. The zero-order chi connectivity index (χ0) is 42.1. The molecule has 3 fully saturated rings.